The third-order valence-corrected chi connectivity index (χ3v) is 1.53. The Labute approximate surface area is 66.8 Å². The van der Waals surface area contributed by atoms with Crippen molar-refractivity contribution in [1.29, 1.82) is 0 Å². The van der Waals surface area contributed by atoms with E-state index in [-0.39, 0.29) is 6.04 Å². The van der Waals surface area contributed by atoms with E-state index in [1.54, 1.807) is 12.4 Å². The Balaban J connectivity index is 2.68. The maximum Gasteiger partial charge on any atom is 0.0345 e. The monoisotopic (exact) mass is 148 g/mol. The average Bonchev–Trinajstić information content (AvgIpc) is 2.07. The highest BCUT2D eigenvalue weighted by molar-refractivity contribution is 5.13. The summed E-state index contributed by atoms with van der Waals surface area (Å²) in [6, 6.07) is 3.90. The van der Waals surface area contributed by atoms with Crippen LogP contribution in [0.25, 0.3) is 0 Å². The van der Waals surface area contributed by atoms with Gasteiger partial charge in [0.1, 0.15) is 0 Å². The summed E-state index contributed by atoms with van der Waals surface area (Å²) in [6.07, 6.45) is 6.14. The minimum Gasteiger partial charge on any atom is -0.324 e. The van der Waals surface area contributed by atoms with Gasteiger partial charge in [0.25, 0.3) is 0 Å². The molecular weight excluding hydrogens is 136 g/mol. The molecular formula is C9H12N2. The van der Waals surface area contributed by atoms with Crippen molar-refractivity contribution in [3.63, 3.8) is 0 Å². The number of nitrogens with zero attached hydrogens (tertiary/aromatic N) is 1. The molecule has 2 N–H and O–H groups in total. The van der Waals surface area contributed by atoms with Gasteiger partial charge in [0.05, 0.1) is 0 Å². The van der Waals surface area contributed by atoms with Crippen LogP contribution in [0.3, 0.4) is 0 Å². The molecule has 1 atom stereocenters. The summed E-state index contributed by atoms with van der Waals surface area (Å²) in [5.41, 5.74) is 6.86. The number of hydrogen-bond donors (Lipinski definition) is 1. The van der Waals surface area contributed by atoms with E-state index in [4.69, 9.17) is 5.73 Å². The molecule has 0 saturated carbocycles. The molecule has 0 aliphatic heterocycles. The molecule has 0 aliphatic carbocycles. The SMILES string of the molecule is C=CCC(N)c1cccnc1. The molecule has 2 heteroatoms. The Morgan fingerprint density at radius 3 is 3.09 bits per heavy atom. The molecule has 1 aromatic rings. The van der Waals surface area contributed by atoms with Crippen molar-refractivity contribution in [2.45, 2.75) is 12.5 Å². The average molecular weight is 148 g/mol. The van der Waals surface area contributed by atoms with Gasteiger partial charge in [-0.15, -0.1) is 6.58 Å². The molecule has 0 radical (unpaired) electrons. The van der Waals surface area contributed by atoms with Gasteiger partial charge in [-0.2, -0.15) is 0 Å². The number of aromatic nitrogens is 1. The van der Waals surface area contributed by atoms with Crippen molar-refractivity contribution < 1.29 is 0 Å². The van der Waals surface area contributed by atoms with Crippen LogP contribution in [-0.4, -0.2) is 4.98 Å². The molecule has 58 valence electrons. The van der Waals surface area contributed by atoms with Gasteiger partial charge in [-0.25, -0.2) is 0 Å². The molecule has 0 aliphatic rings. The van der Waals surface area contributed by atoms with Crippen LogP contribution in [0.4, 0.5) is 0 Å². The standard InChI is InChI=1S/C9H12N2/c1-2-4-9(10)8-5-3-6-11-7-8/h2-3,5-7,9H,1,4,10H2. The van der Waals surface area contributed by atoms with Crippen LogP contribution >= 0.6 is 0 Å². The van der Waals surface area contributed by atoms with Gasteiger partial charge in [-0.1, -0.05) is 12.1 Å². The van der Waals surface area contributed by atoms with Crippen molar-refractivity contribution >= 4 is 0 Å². The Bertz CT molecular complexity index is 218. The van der Waals surface area contributed by atoms with E-state index in [9.17, 15) is 0 Å². The summed E-state index contributed by atoms with van der Waals surface area (Å²) in [4.78, 5) is 3.97. The fourth-order valence-electron chi connectivity index (χ4n) is 0.911. The van der Waals surface area contributed by atoms with Crippen molar-refractivity contribution in [3.05, 3.63) is 42.7 Å². The first-order valence-corrected chi connectivity index (χ1v) is 3.61. The Morgan fingerprint density at radius 2 is 2.55 bits per heavy atom. The highest BCUT2D eigenvalue weighted by Crippen LogP contribution is 2.11. The third-order valence-electron chi connectivity index (χ3n) is 1.53. The minimum atomic E-state index is 0.0428. The molecule has 0 amide bonds. The minimum absolute atomic E-state index is 0.0428. The van der Waals surface area contributed by atoms with Crippen LogP contribution < -0.4 is 5.73 Å². The summed E-state index contributed by atoms with van der Waals surface area (Å²) >= 11 is 0. The zero-order valence-electron chi connectivity index (χ0n) is 6.40. The molecule has 0 aromatic carbocycles. The number of pyridine rings is 1. The van der Waals surface area contributed by atoms with Crippen LogP contribution in [0.5, 0.6) is 0 Å². The molecule has 1 unspecified atom stereocenters. The van der Waals surface area contributed by atoms with Crippen LogP contribution in [0.15, 0.2) is 37.2 Å². The van der Waals surface area contributed by atoms with E-state index in [0.717, 1.165) is 12.0 Å². The predicted molar refractivity (Wildman–Crippen MR) is 46.0 cm³/mol. The zero-order valence-corrected chi connectivity index (χ0v) is 6.40. The van der Waals surface area contributed by atoms with Gasteiger partial charge in [-0.05, 0) is 18.1 Å². The van der Waals surface area contributed by atoms with Crippen molar-refractivity contribution in [3.8, 4) is 0 Å². The number of hydrogen-bond acceptors (Lipinski definition) is 2. The van der Waals surface area contributed by atoms with Crippen LogP contribution in [0, 0.1) is 0 Å². The second-order valence-electron chi connectivity index (χ2n) is 2.42. The molecule has 1 heterocycles. The maximum absolute atomic E-state index is 5.79. The first kappa shape index (κ1) is 7.95. The Hall–Kier alpha value is -1.15. The Morgan fingerprint density at radius 1 is 1.73 bits per heavy atom. The van der Waals surface area contributed by atoms with E-state index < -0.39 is 0 Å². The highest BCUT2D eigenvalue weighted by Gasteiger charge is 2.01. The summed E-state index contributed by atoms with van der Waals surface area (Å²) in [6.45, 7) is 3.63. The van der Waals surface area contributed by atoms with Crippen LogP contribution in [0.1, 0.15) is 18.0 Å². The molecule has 0 saturated heterocycles. The number of nitrogens with two attached hydrogens (primary N) is 1. The lowest BCUT2D eigenvalue weighted by atomic mass is 10.1. The van der Waals surface area contributed by atoms with E-state index in [2.05, 4.69) is 11.6 Å². The Kier molecular flexibility index (Phi) is 2.81. The maximum atomic E-state index is 5.79. The fraction of sp³-hybridized carbons (Fsp3) is 0.222. The molecule has 0 bridgehead atoms. The first-order chi connectivity index (χ1) is 5.34. The molecule has 1 rings (SSSR count). The van der Waals surface area contributed by atoms with E-state index in [1.165, 1.54) is 0 Å². The third kappa shape index (κ3) is 2.16. The van der Waals surface area contributed by atoms with Crippen molar-refractivity contribution in [2.24, 2.45) is 5.73 Å². The van der Waals surface area contributed by atoms with Gasteiger partial charge in [0.15, 0.2) is 0 Å². The molecule has 0 spiro atoms. The summed E-state index contributed by atoms with van der Waals surface area (Å²) in [5.74, 6) is 0. The molecule has 0 fully saturated rings. The van der Waals surface area contributed by atoms with Crippen LogP contribution in [0.2, 0.25) is 0 Å². The lowest BCUT2D eigenvalue weighted by molar-refractivity contribution is 0.737. The van der Waals surface area contributed by atoms with Gasteiger partial charge < -0.3 is 5.73 Å². The zero-order chi connectivity index (χ0) is 8.10. The van der Waals surface area contributed by atoms with E-state index >= 15 is 0 Å². The van der Waals surface area contributed by atoms with Gasteiger partial charge >= 0.3 is 0 Å². The van der Waals surface area contributed by atoms with Crippen molar-refractivity contribution in [1.82, 2.24) is 4.98 Å². The number of rotatable bonds is 3. The summed E-state index contributed by atoms with van der Waals surface area (Å²) in [7, 11) is 0. The topological polar surface area (TPSA) is 38.9 Å². The first-order valence-electron chi connectivity index (χ1n) is 3.61. The largest absolute Gasteiger partial charge is 0.324 e. The molecule has 1 aromatic heterocycles. The van der Waals surface area contributed by atoms with Gasteiger partial charge in [-0.3, -0.25) is 4.98 Å². The fourth-order valence-corrected chi connectivity index (χ4v) is 0.911. The second kappa shape index (κ2) is 3.88. The summed E-state index contributed by atoms with van der Waals surface area (Å²) < 4.78 is 0. The molecule has 2 nitrogen and oxygen atoms in total. The normalized spacial score (nSPS) is 12.5. The summed E-state index contributed by atoms with van der Waals surface area (Å²) in [5, 5.41) is 0. The molecule has 11 heavy (non-hydrogen) atoms. The van der Waals surface area contributed by atoms with Crippen molar-refractivity contribution in [2.75, 3.05) is 0 Å². The lowest BCUT2D eigenvalue weighted by Gasteiger charge is -2.06. The van der Waals surface area contributed by atoms with Crippen LogP contribution in [-0.2, 0) is 0 Å². The predicted octanol–water partition coefficient (Wildman–Crippen LogP) is 1.66. The quantitative estimate of drug-likeness (QED) is 0.662. The highest BCUT2D eigenvalue weighted by atomic mass is 14.7. The smallest absolute Gasteiger partial charge is 0.0345 e. The lowest BCUT2D eigenvalue weighted by Crippen LogP contribution is -2.08. The van der Waals surface area contributed by atoms with E-state index in [0.29, 0.717) is 0 Å². The van der Waals surface area contributed by atoms with E-state index in [1.807, 2.05) is 18.2 Å². The van der Waals surface area contributed by atoms with Gasteiger partial charge in [0, 0.05) is 18.4 Å². The van der Waals surface area contributed by atoms with Gasteiger partial charge in [0.2, 0.25) is 0 Å². The second-order valence-corrected chi connectivity index (χ2v) is 2.42.